The Labute approximate surface area is 211 Å². The molecule has 0 fully saturated rings. The van der Waals surface area contributed by atoms with Gasteiger partial charge in [0, 0.05) is 26.7 Å². The van der Waals surface area contributed by atoms with Crippen molar-refractivity contribution in [1.82, 2.24) is 14.5 Å². The molecule has 2 rings (SSSR count). The molecule has 2 aromatic rings. The van der Waals surface area contributed by atoms with Gasteiger partial charge in [-0.15, -0.1) is 0 Å². The van der Waals surface area contributed by atoms with Gasteiger partial charge in [-0.25, -0.2) is 4.31 Å². The lowest BCUT2D eigenvalue weighted by Crippen LogP contribution is -2.53. The summed E-state index contributed by atoms with van der Waals surface area (Å²) in [5, 5.41) is 3.47. The largest absolute Gasteiger partial charge is 0.352 e. The topological polar surface area (TPSA) is 90.0 Å². The van der Waals surface area contributed by atoms with Gasteiger partial charge in [0.1, 0.15) is 12.6 Å². The lowest BCUT2D eigenvalue weighted by Gasteiger charge is -2.33. The second kappa shape index (κ2) is 11.9. The molecule has 0 saturated heterocycles. The maximum atomic E-state index is 13.5. The van der Waals surface area contributed by atoms with Crippen LogP contribution in [0.4, 0.5) is 5.69 Å². The molecule has 0 bridgehead atoms. The highest BCUT2D eigenvalue weighted by molar-refractivity contribution is 7.90. The van der Waals surface area contributed by atoms with Crippen molar-refractivity contribution in [2.75, 3.05) is 24.9 Å². The number of amides is 2. The highest BCUT2D eigenvalue weighted by atomic mass is 35.5. The summed E-state index contributed by atoms with van der Waals surface area (Å²) in [4.78, 5) is 27.7. The molecule has 0 spiro atoms. The molecule has 0 saturated carbocycles. The fourth-order valence-electron chi connectivity index (χ4n) is 3.13. The summed E-state index contributed by atoms with van der Waals surface area (Å²) < 4.78 is 28.1. The van der Waals surface area contributed by atoms with Gasteiger partial charge in [-0.3, -0.25) is 9.59 Å². The van der Waals surface area contributed by atoms with Crippen LogP contribution in [0.5, 0.6) is 0 Å². The minimum atomic E-state index is -3.99. The molecule has 1 unspecified atom stereocenters. The number of nitrogens with zero attached hydrogens (tertiary/aromatic N) is 3. The molecule has 1 atom stereocenters. The number of hydrogen-bond donors (Lipinski definition) is 1. The Morgan fingerprint density at radius 2 is 1.59 bits per heavy atom. The normalized spacial score (nSPS) is 12.5. The molecule has 0 aliphatic carbocycles. The van der Waals surface area contributed by atoms with E-state index in [-0.39, 0.29) is 18.5 Å². The van der Waals surface area contributed by atoms with Crippen LogP contribution in [-0.2, 0) is 26.3 Å². The van der Waals surface area contributed by atoms with Crippen molar-refractivity contribution in [1.29, 1.82) is 0 Å². The zero-order chi connectivity index (χ0) is 25.6. The van der Waals surface area contributed by atoms with E-state index in [1.54, 1.807) is 55.5 Å². The van der Waals surface area contributed by atoms with E-state index in [0.717, 1.165) is 8.61 Å². The van der Waals surface area contributed by atoms with Crippen molar-refractivity contribution in [3.63, 3.8) is 0 Å². The highest BCUT2D eigenvalue weighted by Crippen LogP contribution is 2.24. The molecular formula is C23H30Cl2N4O4S. The summed E-state index contributed by atoms with van der Waals surface area (Å²) in [6.07, 6.45) is 0. The van der Waals surface area contributed by atoms with Gasteiger partial charge in [0.25, 0.3) is 0 Å². The van der Waals surface area contributed by atoms with E-state index in [4.69, 9.17) is 23.2 Å². The van der Waals surface area contributed by atoms with Crippen molar-refractivity contribution in [2.45, 2.75) is 39.4 Å². The van der Waals surface area contributed by atoms with Crippen LogP contribution in [0, 0.1) is 0 Å². The van der Waals surface area contributed by atoms with Gasteiger partial charge in [-0.05, 0) is 50.6 Å². The molecule has 2 amide bonds. The first kappa shape index (κ1) is 27.9. The number of nitrogens with one attached hydrogen (secondary N) is 1. The van der Waals surface area contributed by atoms with Crippen molar-refractivity contribution < 1.29 is 18.0 Å². The minimum absolute atomic E-state index is 0.0348. The van der Waals surface area contributed by atoms with Gasteiger partial charge in [0.05, 0.1) is 15.7 Å². The highest BCUT2D eigenvalue weighted by Gasteiger charge is 2.32. The van der Waals surface area contributed by atoms with Crippen molar-refractivity contribution in [2.24, 2.45) is 0 Å². The standard InChI is InChI=1S/C23H30Cl2N4O4S/c1-16(2)26-23(31)17(3)28(14-18-11-12-20(24)21(25)13-18)22(30)15-29(34(32,33)27(4)5)19-9-7-6-8-10-19/h6-13,16-17H,14-15H2,1-5H3,(H,26,31). The summed E-state index contributed by atoms with van der Waals surface area (Å²) in [7, 11) is -1.21. The second-order valence-corrected chi connectivity index (χ2v) is 11.1. The van der Waals surface area contributed by atoms with Gasteiger partial charge in [-0.2, -0.15) is 12.7 Å². The van der Waals surface area contributed by atoms with Crippen LogP contribution in [-0.4, -0.2) is 62.2 Å². The molecular weight excluding hydrogens is 499 g/mol. The smallest absolute Gasteiger partial charge is 0.304 e. The average Bonchev–Trinajstić information content (AvgIpc) is 2.77. The van der Waals surface area contributed by atoms with Gasteiger partial charge < -0.3 is 10.2 Å². The molecule has 1 N–H and O–H groups in total. The van der Waals surface area contributed by atoms with Crippen LogP contribution in [0.15, 0.2) is 48.5 Å². The van der Waals surface area contributed by atoms with Crippen molar-refractivity contribution in [3.05, 3.63) is 64.1 Å². The van der Waals surface area contributed by atoms with Crippen LogP contribution in [0.1, 0.15) is 26.3 Å². The molecule has 0 aromatic heterocycles. The fraction of sp³-hybridized carbons (Fsp3) is 0.391. The predicted molar refractivity (Wildman–Crippen MR) is 136 cm³/mol. The third-order valence-corrected chi connectivity index (χ3v) is 7.56. The zero-order valence-electron chi connectivity index (χ0n) is 19.8. The van der Waals surface area contributed by atoms with E-state index in [0.29, 0.717) is 21.3 Å². The molecule has 0 radical (unpaired) electrons. The van der Waals surface area contributed by atoms with Gasteiger partial charge >= 0.3 is 10.2 Å². The summed E-state index contributed by atoms with van der Waals surface area (Å²) in [5.41, 5.74) is 0.979. The third kappa shape index (κ3) is 7.09. The molecule has 0 heterocycles. The van der Waals surface area contributed by atoms with Gasteiger partial charge in [0.2, 0.25) is 11.8 Å². The summed E-state index contributed by atoms with van der Waals surface area (Å²) in [6, 6.07) is 12.2. The van der Waals surface area contributed by atoms with Gasteiger partial charge in [0.15, 0.2) is 0 Å². The van der Waals surface area contributed by atoms with Crippen LogP contribution >= 0.6 is 23.2 Å². The number of halogens is 2. The Balaban J connectivity index is 2.45. The van der Waals surface area contributed by atoms with Gasteiger partial charge in [-0.1, -0.05) is 47.5 Å². The molecule has 11 heteroatoms. The van der Waals surface area contributed by atoms with Crippen LogP contribution < -0.4 is 9.62 Å². The van der Waals surface area contributed by atoms with E-state index < -0.39 is 28.7 Å². The fourth-order valence-corrected chi connectivity index (χ4v) is 4.51. The summed E-state index contributed by atoms with van der Waals surface area (Å²) in [6.45, 7) is 4.77. The Morgan fingerprint density at radius 1 is 0.971 bits per heavy atom. The van der Waals surface area contributed by atoms with Crippen LogP contribution in [0.25, 0.3) is 0 Å². The first-order valence-corrected chi connectivity index (χ1v) is 12.8. The Bertz CT molecular complexity index is 1110. The molecule has 8 nitrogen and oxygen atoms in total. The maximum Gasteiger partial charge on any atom is 0.304 e. The Hall–Kier alpha value is -2.33. The van der Waals surface area contributed by atoms with Crippen LogP contribution in [0.3, 0.4) is 0 Å². The predicted octanol–water partition coefficient (Wildman–Crippen LogP) is 3.55. The van der Waals surface area contributed by atoms with E-state index in [1.807, 2.05) is 13.8 Å². The lowest BCUT2D eigenvalue weighted by atomic mass is 10.1. The van der Waals surface area contributed by atoms with E-state index >= 15 is 0 Å². The number of anilines is 1. The number of rotatable bonds is 10. The SMILES string of the molecule is CC(C)NC(=O)C(C)N(Cc1ccc(Cl)c(Cl)c1)C(=O)CN(c1ccccc1)S(=O)(=O)N(C)C. The molecule has 34 heavy (non-hydrogen) atoms. The Kier molecular flexibility index (Phi) is 9.75. The number of para-hydroxylation sites is 1. The number of carbonyl (C=O) groups excluding carboxylic acids is 2. The monoisotopic (exact) mass is 528 g/mol. The average molecular weight is 529 g/mol. The lowest BCUT2D eigenvalue weighted by molar-refractivity contribution is -0.139. The van der Waals surface area contributed by atoms with Crippen molar-refractivity contribution >= 4 is 50.9 Å². The quantitative estimate of drug-likeness (QED) is 0.510. The van der Waals surface area contributed by atoms with E-state index in [1.165, 1.54) is 19.0 Å². The van der Waals surface area contributed by atoms with E-state index in [9.17, 15) is 18.0 Å². The maximum absolute atomic E-state index is 13.5. The Morgan fingerprint density at radius 3 is 2.12 bits per heavy atom. The van der Waals surface area contributed by atoms with Crippen LogP contribution in [0.2, 0.25) is 10.0 Å². The minimum Gasteiger partial charge on any atom is -0.352 e. The summed E-state index contributed by atoms with van der Waals surface area (Å²) >= 11 is 12.2. The number of benzene rings is 2. The van der Waals surface area contributed by atoms with Crippen molar-refractivity contribution in [3.8, 4) is 0 Å². The second-order valence-electron chi connectivity index (χ2n) is 8.24. The summed E-state index contributed by atoms with van der Waals surface area (Å²) in [5.74, 6) is -0.906. The third-order valence-electron chi connectivity index (χ3n) is 5.00. The zero-order valence-corrected chi connectivity index (χ0v) is 22.2. The molecule has 0 aliphatic heterocycles. The first-order valence-electron chi connectivity index (χ1n) is 10.6. The number of hydrogen-bond acceptors (Lipinski definition) is 4. The number of carbonyl (C=O) groups is 2. The van der Waals surface area contributed by atoms with E-state index in [2.05, 4.69) is 5.32 Å². The first-order chi connectivity index (χ1) is 15.8. The molecule has 2 aromatic carbocycles. The molecule has 0 aliphatic rings. The molecule has 186 valence electrons.